The molecule has 8 nitrogen and oxygen atoms in total. The highest BCUT2D eigenvalue weighted by atomic mass is 19.1. The number of carbonyl (C=O) groups excluding carboxylic acids is 3. The van der Waals surface area contributed by atoms with Gasteiger partial charge < -0.3 is 24.2 Å². The Balaban J connectivity index is 1.22. The smallest absolute Gasteiger partial charge is 0.308 e. The number of nitrogens with zero attached hydrogens (tertiary/aromatic N) is 3. The summed E-state index contributed by atoms with van der Waals surface area (Å²) >= 11 is 0. The van der Waals surface area contributed by atoms with Crippen LogP contribution in [-0.4, -0.2) is 68.1 Å². The third kappa shape index (κ3) is 5.24. The zero-order valence-corrected chi connectivity index (χ0v) is 18.4. The van der Waals surface area contributed by atoms with E-state index < -0.39 is 12.1 Å². The molecule has 1 atom stereocenters. The van der Waals surface area contributed by atoms with Crippen LogP contribution in [-0.2, 0) is 19.1 Å². The number of piperazine rings is 1. The first-order valence-corrected chi connectivity index (χ1v) is 10.9. The quantitative estimate of drug-likeness (QED) is 0.622. The number of hydrogen-bond acceptors (Lipinski definition) is 6. The molecule has 0 spiro atoms. The Hall–Kier alpha value is -3.62. The fourth-order valence-corrected chi connectivity index (χ4v) is 3.96. The van der Waals surface area contributed by atoms with Crippen molar-refractivity contribution in [3.63, 3.8) is 0 Å². The minimum atomic E-state index is -0.633. The van der Waals surface area contributed by atoms with Crippen LogP contribution in [0.4, 0.5) is 15.8 Å². The van der Waals surface area contributed by atoms with Crippen molar-refractivity contribution in [2.24, 2.45) is 0 Å². The molecule has 0 bridgehead atoms. The van der Waals surface area contributed by atoms with E-state index in [0.29, 0.717) is 37.6 Å². The molecule has 2 aliphatic rings. The second-order valence-corrected chi connectivity index (χ2v) is 7.97. The van der Waals surface area contributed by atoms with E-state index in [1.165, 1.54) is 17.0 Å². The lowest BCUT2D eigenvalue weighted by molar-refractivity contribution is -0.152. The number of para-hydroxylation sites is 2. The van der Waals surface area contributed by atoms with E-state index in [2.05, 4.69) is 4.90 Å². The van der Waals surface area contributed by atoms with Gasteiger partial charge in [-0.3, -0.25) is 14.4 Å². The summed E-state index contributed by atoms with van der Waals surface area (Å²) in [5.74, 6) is -0.725. The molecule has 2 heterocycles. The van der Waals surface area contributed by atoms with E-state index in [1.54, 1.807) is 42.2 Å². The van der Waals surface area contributed by atoms with Crippen molar-refractivity contribution in [1.82, 2.24) is 4.90 Å². The molecule has 2 aromatic rings. The van der Waals surface area contributed by atoms with Crippen molar-refractivity contribution in [2.45, 2.75) is 19.4 Å². The van der Waals surface area contributed by atoms with Gasteiger partial charge in [-0.2, -0.15) is 0 Å². The Morgan fingerprint density at radius 1 is 1.06 bits per heavy atom. The predicted molar refractivity (Wildman–Crippen MR) is 120 cm³/mol. The van der Waals surface area contributed by atoms with Gasteiger partial charge in [0, 0.05) is 38.4 Å². The van der Waals surface area contributed by atoms with Crippen LogP contribution in [0, 0.1) is 5.82 Å². The van der Waals surface area contributed by atoms with Gasteiger partial charge >= 0.3 is 5.97 Å². The van der Waals surface area contributed by atoms with E-state index in [9.17, 15) is 18.8 Å². The summed E-state index contributed by atoms with van der Waals surface area (Å²) in [5.41, 5.74) is 1.52. The van der Waals surface area contributed by atoms with Gasteiger partial charge in [-0.15, -0.1) is 0 Å². The van der Waals surface area contributed by atoms with Gasteiger partial charge in [-0.05, 0) is 43.3 Å². The number of fused-ring (bicyclic) bond motifs is 1. The second kappa shape index (κ2) is 9.89. The third-order valence-electron chi connectivity index (χ3n) is 5.79. The van der Waals surface area contributed by atoms with E-state index >= 15 is 0 Å². The summed E-state index contributed by atoms with van der Waals surface area (Å²) in [6.07, 6.45) is -0.663. The molecule has 2 amide bonds. The largest absolute Gasteiger partial charge is 0.479 e. The Morgan fingerprint density at radius 2 is 1.76 bits per heavy atom. The lowest BCUT2D eigenvalue weighted by atomic mass is 10.2. The number of ether oxygens (including phenoxy) is 2. The molecule has 0 radical (unpaired) electrons. The first-order chi connectivity index (χ1) is 15.9. The Kier molecular flexibility index (Phi) is 6.76. The molecule has 9 heteroatoms. The molecule has 174 valence electrons. The van der Waals surface area contributed by atoms with Crippen LogP contribution in [0.25, 0.3) is 0 Å². The van der Waals surface area contributed by atoms with Gasteiger partial charge in [-0.25, -0.2) is 4.39 Å². The number of rotatable bonds is 6. The fourth-order valence-electron chi connectivity index (χ4n) is 3.96. The van der Waals surface area contributed by atoms with Crippen molar-refractivity contribution >= 4 is 29.2 Å². The van der Waals surface area contributed by atoms with Crippen molar-refractivity contribution in [2.75, 3.05) is 49.1 Å². The number of hydrogen-bond donors (Lipinski definition) is 0. The number of halogens is 1. The highest BCUT2D eigenvalue weighted by molar-refractivity contribution is 6.00. The summed E-state index contributed by atoms with van der Waals surface area (Å²) in [6.45, 7) is 3.68. The van der Waals surface area contributed by atoms with Gasteiger partial charge in [0.2, 0.25) is 0 Å². The lowest BCUT2D eigenvalue weighted by Gasteiger charge is -2.36. The second-order valence-electron chi connectivity index (χ2n) is 7.97. The van der Waals surface area contributed by atoms with E-state index in [-0.39, 0.29) is 37.2 Å². The summed E-state index contributed by atoms with van der Waals surface area (Å²) in [6, 6.07) is 13.4. The standard InChI is InChI=1S/C24H26FN3O5/c1-17-24(31)28(20-4-2-3-5-21(20)33-17)11-10-23(30)32-16-22(29)27-14-12-26(13-15-27)19-8-6-18(25)7-9-19/h2-9,17H,10-16H2,1H3. The van der Waals surface area contributed by atoms with Crippen LogP contribution in [0.1, 0.15) is 13.3 Å². The van der Waals surface area contributed by atoms with Crippen LogP contribution in [0.5, 0.6) is 5.75 Å². The maximum Gasteiger partial charge on any atom is 0.308 e. The van der Waals surface area contributed by atoms with Gasteiger partial charge in [0.05, 0.1) is 12.1 Å². The topological polar surface area (TPSA) is 79.4 Å². The monoisotopic (exact) mass is 455 g/mol. The van der Waals surface area contributed by atoms with E-state index in [0.717, 1.165) is 5.69 Å². The van der Waals surface area contributed by atoms with E-state index in [4.69, 9.17) is 9.47 Å². The fraction of sp³-hybridized carbons (Fsp3) is 0.375. The average Bonchev–Trinajstić information content (AvgIpc) is 2.83. The molecule has 0 N–H and O–H groups in total. The summed E-state index contributed by atoms with van der Waals surface area (Å²) in [5, 5.41) is 0. The van der Waals surface area contributed by atoms with Gasteiger partial charge in [0.1, 0.15) is 11.6 Å². The number of benzene rings is 2. The van der Waals surface area contributed by atoms with Crippen molar-refractivity contribution in [3.8, 4) is 5.75 Å². The number of esters is 1. The number of carbonyl (C=O) groups is 3. The molecule has 0 aromatic heterocycles. The highest BCUT2D eigenvalue weighted by Gasteiger charge is 2.31. The SMILES string of the molecule is CC1Oc2ccccc2N(CCC(=O)OCC(=O)N2CCN(c3ccc(F)cc3)CC2)C1=O. The van der Waals surface area contributed by atoms with Crippen molar-refractivity contribution in [1.29, 1.82) is 0 Å². The van der Waals surface area contributed by atoms with Crippen LogP contribution >= 0.6 is 0 Å². The zero-order valence-electron chi connectivity index (χ0n) is 18.4. The molecule has 1 fully saturated rings. The number of amides is 2. The first kappa shape index (κ1) is 22.6. The number of anilines is 2. The maximum absolute atomic E-state index is 13.1. The third-order valence-corrected chi connectivity index (χ3v) is 5.79. The van der Waals surface area contributed by atoms with E-state index in [1.807, 2.05) is 6.07 Å². The van der Waals surface area contributed by atoms with Crippen LogP contribution in [0.3, 0.4) is 0 Å². The summed E-state index contributed by atoms with van der Waals surface area (Å²) in [4.78, 5) is 42.4. The normalized spacial score (nSPS) is 17.9. The lowest BCUT2D eigenvalue weighted by Crippen LogP contribution is -2.50. The molecule has 1 unspecified atom stereocenters. The summed E-state index contributed by atoms with van der Waals surface area (Å²) in [7, 11) is 0. The van der Waals surface area contributed by atoms with Gasteiger partial charge in [0.25, 0.3) is 11.8 Å². The predicted octanol–water partition coefficient (Wildman–Crippen LogP) is 2.22. The Bertz CT molecular complexity index is 1020. The molecule has 2 aliphatic heterocycles. The highest BCUT2D eigenvalue weighted by Crippen LogP contribution is 2.33. The molecule has 0 aliphatic carbocycles. The van der Waals surface area contributed by atoms with Crippen LogP contribution in [0.2, 0.25) is 0 Å². The maximum atomic E-state index is 13.1. The van der Waals surface area contributed by atoms with Crippen LogP contribution < -0.4 is 14.5 Å². The molecular weight excluding hydrogens is 429 g/mol. The van der Waals surface area contributed by atoms with Crippen molar-refractivity contribution in [3.05, 3.63) is 54.3 Å². The molecule has 2 aromatic carbocycles. The Morgan fingerprint density at radius 3 is 2.48 bits per heavy atom. The molecular formula is C24H26FN3O5. The molecule has 1 saturated heterocycles. The van der Waals surface area contributed by atoms with Crippen LogP contribution in [0.15, 0.2) is 48.5 Å². The minimum Gasteiger partial charge on any atom is -0.479 e. The van der Waals surface area contributed by atoms with Gasteiger partial charge in [0.15, 0.2) is 12.7 Å². The first-order valence-electron chi connectivity index (χ1n) is 10.9. The average molecular weight is 455 g/mol. The van der Waals surface area contributed by atoms with Gasteiger partial charge in [-0.1, -0.05) is 12.1 Å². The van der Waals surface area contributed by atoms with Crippen molar-refractivity contribution < 1.29 is 28.2 Å². The summed E-state index contributed by atoms with van der Waals surface area (Å²) < 4.78 is 23.9. The Labute approximate surface area is 191 Å². The molecule has 0 saturated carbocycles. The zero-order chi connectivity index (χ0) is 23.4. The molecule has 33 heavy (non-hydrogen) atoms. The minimum absolute atomic E-state index is 0.0293. The molecule has 4 rings (SSSR count).